The van der Waals surface area contributed by atoms with Crippen molar-refractivity contribution in [2.24, 2.45) is 0 Å². The van der Waals surface area contributed by atoms with E-state index in [4.69, 9.17) is 4.74 Å². The van der Waals surface area contributed by atoms with Gasteiger partial charge in [-0.05, 0) is 36.7 Å². The highest BCUT2D eigenvalue weighted by molar-refractivity contribution is 5.28. The van der Waals surface area contributed by atoms with Gasteiger partial charge in [-0.1, -0.05) is 25.6 Å². The molecular weight excluding hydrogens is 186 g/mol. The Hall–Kier alpha value is -1.28. The van der Waals surface area contributed by atoms with E-state index in [2.05, 4.69) is 31.0 Å². The fourth-order valence-corrected chi connectivity index (χ4v) is 1.24. The monoisotopic (exact) mass is 205 g/mol. The third kappa shape index (κ3) is 4.17. The minimum Gasteiger partial charge on any atom is -0.489 e. The molecule has 1 rings (SSSR count). The highest BCUT2D eigenvalue weighted by Crippen LogP contribution is 2.14. The van der Waals surface area contributed by atoms with Gasteiger partial charge >= 0.3 is 0 Å². The van der Waals surface area contributed by atoms with Crippen LogP contribution in [0.25, 0.3) is 0 Å². The summed E-state index contributed by atoms with van der Waals surface area (Å²) in [6, 6.07) is 8.12. The van der Waals surface area contributed by atoms with Gasteiger partial charge < -0.3 is 10.1 Å². The van der Waals surface area contributed by atoms with Crippen LogP contribution < -0.4 is 10.1 Å². The Morgan fingerprint density at radius 2 is 2.27 bits per heavy atom. The van der Waals surface area contributed by atoms with Crippen LogP contribution in [0.4, 0.5) is 0 Å². The predicted molar refractivity (Wildman–Crippen MR) is 64.1 cm³/mol. The summed E-state index contributed by atoms with van der Waals surface area (Å²) in [5.41, 5.74) is 2.35. The highest BCUT2D eigenvalue weighted by atomic mass is 16.5. The first kappa shape index (κ1) is 11.8. The molecule has 0 fully saturated rings. The summed E-state index contributed by atoms with van der Waals surface area (Å²) in [5.74, 6) is 0.914. The molecule has 0 amide bonds. The summed E-state index contributed by atoms with van der Waals surface area (Å²) in [5, 5.41) is 3.11. The molecule has 0 aromatic heterocycles. The average Bonchev–Trinajstić information content (AvgIpc) is 2.27. The average molecular weight is 205 g/mol. The molecule has 2 nitrogen and oxygen atoms in total. The van der Waals surface area contributed by atoms with Gasteiger partial charge in [0, 0.05) is 6.54 Å². The van der Waals surface area contributed by atoms with Crippen molar-refractivity contribution in [2.75, 3.05) is 13.7 Å². The molecule has 0 saturated heterocycles. The van der Waals surface area contributed by atoms with Crippen LogP contribution in [0, 0.1) is 0 Å². The maximum Gasteiger partial charge on any atom is 0.120 e. The Labute approximate surface area is 92.0 Å². The lowest BCUT2D eigenvalue weighted by Crippen LogP contribution is -2.05. The first-order chi connectivity index (χ1) is 7.26. The van der Waals surface area contributed by atoms with Gasteiger partial charge in [-0.3, -0.25) is 0 Å². The van der Waals surface area contributed by atoms with Crippen LogP contribution in [0.2, 0.25) is 0 Å². The van der Waals surface area contributed by atoms with E-state index in [1.165, 1.54) is 5.56 Å². The van der Waals surface area contributed by atoms with Crippen LogP contribution >= 0.6 is 0 Å². The summed E-state index contributed by atoms with van der Waals surface area (Å²) < 4.78 is 5.62. The van der Waals surface area contributed by atoms with E-state index in [1.54, 1.807) is 0 Å². The summed E-state index contributed by atoms with van der Waals surface area (Å²) in [6.45, 7) is 7.47. The molecule has 15 heavy (non-hydrogen) atoms. The van der Waals surface area contributed by atoms with E-state index in [1.807, 2.05) is 19.2 Å². The highest BCUT2D eigenvalue weighted by Gasteiger charge is 1.97. The van der Waals surface area contributed by atoms with E-state index in [0.29, 0.717) is 6.61 Å². The van der Waals surface area contributed by atoms with E-state index in [-0.39, 0.29) is 0 Å². The molecule has 0 unspecified atom stereocenters. The fourth-order valence-electron chi connectivity index (χ4n) is 1.24. The minimum atomic E-state index is 0.611. The molecule has 0 spiro atoms. The first-order valence-electron chi connectivity index (χ1n) is 5.29. The first-order valence-corrected chi connectivity index (χ1v) is 5.29. The summed E-state index contributed by atoms with van der Waals surface area (Å²) in [7, 11) is 1.94. The number of rotatable bonds is 6. The van der Waals surface area contributed by atoms with Crippen molar-refractivity contribution in [3.63, 3.8) is 0 Å². The van der Waals surface area contributed by atoms with Gasteiger partial charge in [0.1, 0.15) is 12.4 Å². The minimum absolute atomic E-state index is 0.611. The third-order valence-corrected chi connectivity index (χ3v) is 2.22. The molecule has 0 heterocycles. The molecule has 1 aromatic rings. The zero-order valence-electron chi connectivity index (χ0n) is 9.55. The van der Waals surface area contributed by atoms with Gasteiger partial charge in [0.25, 0.3) is 0 Å². The molecular formula is C13H19NO. The summed E-state index contributed by atoms with van der Waals surface area (Å²) in [6.07, 6.45) is 0.968. The number of nitrogens with one attached hydrogen (secondary N) is 1. The standard InChI is InChI=1S/C13H19NO/c1-4-11(2)10-15-13-7-5-6-12(8-13)9-14-3/h5-8,14H,2,4,9-10H2,1,3H3. The Bertz CT molecular complexity index is 320. The lowest BCUT2D eigenvalue weighted by molar-refractivity contribution is 0.348. The largest absolute Gasteiger partial charge is 0.489 e. The molecule has 1 N–H and O–H groups in total. The SMILES string of the molecule is C=C(CC)COc1cccc(CNC)c1. The molecule has 0 aliphatic carbocycles. The van der Waals surface area contributed by atoms with Crippen LogP contribution in [0.5, 0.6) is 5.75 Å². The quantitative estimate of drug-likeness (QED) is 0.721. The normalized spacial score (nSPS) is 10.0. The number of benzene rings is 1. The van der Waals surface area contributed by atoms with E-state index in [0.717, 1.165) is 24.3 Å². The second kappa shape index (κ2) is 6.25. The number of hydrogen-bond donors (Lipinski definition) is 1. The zero-order chi connectivity index (χ0) is 11.1. The zero-order valence-corrected chi connectivity index (χ0v) is 9.55. The lowest BCUT2D eigenvalue weighted by Gasteiger charge is -2.08. The Kier molecular flexibility index (Phi) is 4.91. The van der Waals surface area contributed by atoms with Crippen LogP contribution in [-0.2, 0) is 6.54 Å². The second-order valence-corrected chi connectivity index (χ2v) is 3.57. The van der Waals surface area contributed by atoms with Crippen molar-refractivity contribution in [3.05, 3.63) is 42.0 Å². The maximum absolute atomic E-state index is 5.62. The summed E-state index contributed by atoms with van der Waals surface area (Å²) in [4.78, 5) is 0. The maximum atomic E-state index is 5.62. The Morgan fingerprint density at radius 1 is 1.47 bits per heavy atom. The van der Waals surface area contributed by atoms with E-state index in [9.17, 15) is 0 Å². The molecule has 2 heteroatoms. The van der Waals surface area contributed by atoms with Gasteiger partial charge in [0.2, 0.25) is 0 Å². The fraction of sp³-hybridized carbons (Fsp3) is 0.385. The van der Waals surface area contributed by atoms with Crippen molar-refractivity contribution in [1.29, 1.82) is 0 Å². The number of hydrogen-bond acceptors (Lipinski definition) is 2. The molecule has 0 aliphatic rings. The molecule has 0 saturated carbocycles. The van der Waals surface area contributed by atoms with Crippen molar-refractivity contribution >= 4 is 0 Å². The summed E-state index contributed by atoms with van der Waals surface area (Å²) >= 11 is 0. The van der Waals surface area contributed by atoms with E-state index >= 15 is 0 Å². The third-order valence-electron chi connectivity index (χ3n) is 2.22. The second-order valence-electron chi connectivity index (χ2n) is 3.57. The molecule has 0 bridgehead atoms. The number of ether oxygens (including phenoxy) is 1. The topological polar surface area (TPSA) is 21.3 Å². The van der Waals surface area contributed by atoms with Crippen LogP contribution in [0.15, 0.2) is 36.4 Å². The van der Waals surface area contributed by atoms with Crippen LogP contribution in [0.1, 0.15) is 18.9 Å². The Morgan fingerprint density at radius 3 is 2.93 bits per heavy atom. The van der Waals surface area contributed by atoms with Crippen LogP contribution in [0.3, 0.4) is 0 Å². The van der Waals surface area contributed by atoms with Crippen molar-refractivity contribution in [3.8, 4) is 5.75 Å². The van der Waals surface area contributed by atoms with Gasteiger partial charge in [-0.25, -0.2) is 0 Å². The van der Waals surface area contributed by atoms with Gasteiger partial charge in [0.15, 0.2) is 0 Å². The van der Waals surface area contributed by atoms with Gasteiger partial charge in [0.05, 0.1) is 0 Å². The molecule has 1 aromatic carbocycles. The molecule has 82 valence electrons. The van der Waals surface area contributed by atoms with Crippen molar-refractivity contribution in [1.82, 2.24) is 5.32 Å². The van der Waals surface area contributed by atoms with E-state index < -0.39 is 0 Å². The lowest BCUT2D eigenvalue weighted by atomic mass is 10.2. The molecule has 0 aliphatic heterocycles. The van der Waals surface area contributed by atoms with Crippen molar-refractivity contribution in [2.45, 2.75) is 19.9 Å². The Balaban J connectivity index is 2.53. The van der Waals surface area contributed by atoms with Gasteiger partial charge in [-0.15, -0.1) is 0 Å². The van der Waals surface area contributed by atoms with Gasteiger partial charge in [-0.2, -0.15) is 0 Å². The molecule has 0 radical (unpaired) electrons. The smallest absolute Gasteiger partial charge is 0.120 e. The van der Waals surface area contributed by atoms with Crippen molar-refractivity contribution < 1.29 is 4.74 Å². The molecule has 0 atom stereocenters. The predicted octanol–water partition coefficient (Wildman–Crippen LogP) is 2.75. The van der Waals surface area contributed by atoms with Crippen LogP contribution in [-0.4, -0.2) is 13.7 Å².